The molecule has 0 fully saturated rings. The molecule has 1 amide bonds. The minimum absolute atomic E-state index is 0.0203. The van der Waals surface area contributed by atoms with E-state index in [0.29, 0.717) is 19.3 Å². The summed E-state index contributed by atoms with van der Waals surface area (Å²) in [5.41, 5.74) is 0.109. The Morgan fingerprint density at radius 3 is 2.35 bits per heavy atom. The Kier molecular flexibility index (Phi) is 6.14. The second-order valence-corrected chi connectivity index (χ2v) is 5.36. The molecule has 1 rings (SSSR count). The summed E-state index contributed by atoms with van der Waals surface area (Å²) in [5, 5.41) is 12.9. The second-order valence-electron chi connectivity index (χ2n) is 5.36. The Hall–Kier alpha value is -1.42. The fourth-order valence-electron chi connectivity index (χ4n) is 2.02. The molecule has 0 heterocycles. The van der Waals surface area contributed by atoms with Gasteiger partial charge < -0.3 is 10.4 Å². The molecule has 0 aliphatic rings. The first-order chi connectivity index (χ1) is 9.40. The molecule has 0 bridgehead atoms. The molecular formula is C16H24FNO2. The van der Waals surface area contributed by atoms with Gasteiger partial charge in [-0.05, 0) is 36.5 Å². The van der Waals surface area contributed by atoms with Crippen LogP contribution in [0.5, 0.6) is 0 Å². The summed E-state index contributed by atoms with van der Waals surface area (Å²) >= 11 is 0. The van der Waals surface area contributed by atoms with Gasteiger partial charge in [-0.25, -0.2) is 4.39 Å². The molecule has 0 saturated carbocycles. The molecule has 4 heteroatoms. The van der Waals surface area contributed by atoms with Crippen LogP contribution in [0.1, 0.15) is 51.5 Å². The van der Waals surface area contributed by atoms with Crippen molar-refractivity contribution in [2.45, 2.75) is 51.6 Å². The first-order valence-corrected chi connectivity index (χ1v) is 7.14. The van der Waals surface area contributed by atoms with Crippen molar-refractivity contribution in [1.29, 1.82) is 0 Å². The zero-order valence-electron chi connectivity index (χ0n) is 12.4. The molecule has 0 aromatic heterocycles. The van der Waals surface area contributed by atoms with E-state index in [-0.39, 0.29) is 24.2 Å². The van der Waals surface area contributed by atoms with Crippen LogP contribution in [-0.4, -0.2) is 23.2 Å². The lowest BCUT2D eigenvalue weighted by atomic mass is 9.96. The van der Waals surface area contributed by atoms with E-state index in [9.17, 15) is 14.3 Å². The van der Waals surface area contributed by atoms with Crippen LogP contribution in [-0.2, 0) is 4.79 Å². The first kappa shape index (κ1) is 16.6. The molecule has 3 nitrogen and oxygen atoms in total. The van der Waals surface area contributed by atoms with Crippen LogP contribution in [0.4, 0.5) is 4.39 Å². The summed E-state index contributed by atoms with van der Waals surface area (Å²) in [4.78, 5) is 11.9. The molecule has 0 radical (unpaired) electrons. The van der Waals surface area contributed by atoms with E-state index in [1.165, 1.54) is 12.1 Å². The average molecular weight is 281 g/mol. The van der Waals surface area contributed by atoms with Crippen molar-refractivity contribution >= 4 is 5.91 Å². The fraction of sp³-hybridized carbons (Fsp3) is 0.562. The monoisotopic (exact) mass is 281 g/mol. The van der Waals surface area contributed by atoms with E-state index in [0.717, 1.165) is 5.56 Å². The third-order valence-electron chi connectivity index (χ3n) is 3.86. The number of rotatable bonds is 7. The summed E-state index contributed by atoms with van der Waals surface area (Å²) in [6.45, 7) is 6.00. The summed E-state index contributed by atoms with van der Waals surface area (Å²) in [6.07, 6.45) is 1.55. The molecule has 1 aromatic carbocycles. The van der Waals surface area contributed by atoms with Crippen molar-refractivity contribution < 1.29 is 14.3 Å². The van der Waals surface area contributed by atoms with Gasteiger partial charge in [0.05, 0.1) is 5.60 Å². The minimum Gasteiger partial charge on any atom is -0.388 e. The Labute approximate surface area is 120 Å². The number of carbonyl (C=O) groups is 1. The van der Waals surface area contributed by atoms with Crippen molar-refractivity contribution in [3.05, 3.63) is 35.6 Å². The maximum absolute atomic E-state index is 12.8. The topological polar surface area (TPSA) is 49.3 Å². The third kappa shape index (κ3) is 4.93. The van der Waals surface area contributed by atoms with Crippen molar-refractivity contribution in [3.63, 3.8) is 0 Å². The minimum atomic E-state index is -0.825. The maximum atomic E-state index is 12.8. The highest BCUT2D eigenvalue weighted by molar-refractivity contribution is 5.76. The Balaban J connectivity index is 2.48. The van der Waals surface area contributed by atoms with Gasteiger partial charge in [0.2, 0.25) is 5.91 Å². The molecule has 0 saturated heterocycles. The normalized spacial score (nSPS) is 13.1. The van der Waals surface area contributed by atoms with Gasteiger partial charge in [0.15, 0.2) is 0 Å². The summed E-state index contributed by atoms with van der Waals surface area (Å²) in [6, 6.07) is 6.19. The van der Waals surface area contributed by atoms with Crippen LogP contribution < -0.4 is 5.32 Å². The molecule has 0 aliphatic carbocycles. The van der Waals surface area contributed by atoms with E-state index in [1.807, 2.05) is 20.8 Å². The van der Waals surface area contributed by atoms with Crippen LogP contribution in [0, 0.1) is 5.82 Å². The lowest BCUT2D eigenvalue weighted by molar-refractivity contribution is -0.122. The van der Waals surface area contributed by atoms with Crippen molar-refractivity contribution in [2.24, 2.45) is 0 Å². The maximum Gasteiger partial charge on any atom is 0.220 e. The van der Waals surface area contributed by atoms with Gasteiger partial charge in [0, 0.05) is 13.0 Å². The van der Waals surface area contributed by atoms with Crippen LogP contribution in [0.3, 0.4) is 0 Å². The zero-order valence-corrected chi connectivity index (χ0v) is 12.4. The van der Waals surface area contributed by atoms with Gasteiger partial charge in [0.1, 0.15) is 5.82 Å². The zero-order chi connectivity index (χ0) is 15.2. The van der Waals surface area contributed by atoms with Gasteiger partial charge in [-0.2, -0.15) is 0 Å². The number of benzene rings is 1. The standard InChI is InChI=1S/C16H24FNO2/c1-4-16(20,5-2)11-18-15(19)10-12(3)13-6-8-14(17)9-7-13/h6-9,12,20H,4-5,10-11H2,1-3H3,(H,18,19). The van der Waals surface area contributed by atoms with Crippen LogP contribution >= 0.6 is 0 Å². The lowest BCUT2D eigenvalue weighted by Crippen LogP contribution is -2.42. The van der Waals surface area contributed by atoms with Gasteiger partial charge in [-0.3, -0.25) is 4.79 Å². The molecule has 2 N–H and O–H groups in total. The molecular weight excluding hydrogens is 257 g/mol. The average Bonchev–Trinajstić information content (AvgIpc) is 2.45. The fourth-order valence-corrected chi connectivity index (χ4v) is 2.02. The van der Waals surface area contributed by atoms with Gasteiger partial charge in [-0.15, -0.1) is 0 Å². The number of amides is 1. The molecule has 1 aromatic rings. The van der Waals surface area contributed by atoms with Gasteiger partial charge >= 0.3 is 0 Å². The summed E-state index contributed by atoms with van der Waals surface area (Å²) < 4.78 is 12.8. The van der Waals surface area contributed by atoms with Gasteiger partial charge in [0.25, 0.3) is 0 Å². The molecule has 20 heavy (non-hydrogen) atoms. The van der Waals surface area contributed by atoms with Crippen molar-refractivity contribution in [1.82, 2.24) is 5.32 Å². The SMILES string of the molecule is CCC(O)(CC)CNC(=O)CC(C)c1ccc(F)cc1. The number of halogens is 1. The van der Waals surface area contributed by atoms with Crippen molar-refractivity contribution in [2.75, 3.05) is 6.54 Å². The number of hydrogen-bond donors (Lipinski definition) is 2. The van der Waals surface area contributed by atoms with E-state index in [1.54, 1.807) is 12.1 Å². The molecule has 1 unspecified atom stereocenters. The smallest absolute Gasteiger partial charge is 0.220 e. The molecule has 112 valence electrons. The van der Waals surface area contributed by atoms with E-state index in [2.05, 4.69) is 5.32 Å². The predicted molar refractivity (Wildman–Crippen MR) is 78.0 cm³/mol. The Morgan fingerprint density at radius 2 is 1.85 bits per heavy atom. The Morgan fingerprint density at radius 1 is 1.30 bits per heavy atom. The van der Waals surface area contributed by atoms with Crippen LogP contribution in [0.2, 0.25) is 0 Å². The number of aliphatic hydroxyl groups is 1. The highest BCUT2D eigenvalue weighted by Crippen LogP contribution is 2.19. The highest BCUT2D eigenvalue weighted by atomic mass is 19.1. The largest absolute Gasteiger partial charge is 0.388 e. The second kappa shape index (κ2) is 7.39. The predicted octanol–water partition coefficient (Wildman–Crippen LogP) is 2.99. The van der Waals surface area contributed by atoms with Gasteiger partial charge in [-0.1, -0.05) is 32.9 Å². The number of carbonyl (C=O) groups excluding carboxylic acids is 1. The Bertz CT molecular complexity index is 427. The number of hydrogen-bond acceptors (Lipinski definition) is 2. The van der Waals surface area contributed by atoms with E-state index in [4.69, 9.17) is 0 Å². The molecule has 0 spiro atoms. The van der Waals surface area contributed by atoms with E-state index >= 15 is 0 Å². The molecule has 0 aliphatic heterocycles. The summed E-state index contributed by atoms with van der Waals surface area (Å²) in [7, 11) is 0. The third-order valence-corrected chi connectivity index (χ3v) is 3.86. The lowest BCUT2D eigenvalue weighted by Gasteiger charge is -2.25. The number of nitrogens with one attached hydrogen (secondary N) is 1. The first-order valence-electron chi connectivity index (χ1n) is 7.14. The molecule has 1 atom stereocenters. The van der Waals surface area contributed by atoms with E-state index < -0.39 is 5.60 Å². The van der Waals surface area contributed by atoms with Crippen molar-refractivity contribution in [3.8, 4) is 0 Å². The highest BCUT2D eigenvalue weighted by Gasteiger charge is 2.23. The summed E-state index contributed by atoms with van der Waals surface area (Å²) in [5.74, 6) is -0.351. The quantitative estimate of drug-likeness (QED) is 0.807. The van der Waals surface area contributed by atoms with Crippen LogP contribution in [0.15, 0.2) is 24.3 Å². The van der Waals surface area contributed by atoms with Crippen LogP contribution in [0.25, 0.3) is 0 Å².